The van der Waals surface area contributed by atoms with Crippen molar-refractivity contribution in [1.82, 2.24) is 24.5 Å². The second-order valence-electron chi connectivity index (χ2n) is 5.76. The van der Waals surface area contributed by atoms with Gasteiger partial charge < -0.3 is 10.3 Å². The molecule has 1 unspecified atom stereocenters. The molecule has 7 heteroatoms. The molecule has 0 fully saturated rings. The average Bonchev–Trinajstić information content (AvgIpc) is 3.23. The summed E-state index contributed by atoms with van der Waals surface area (Å²) >= 11 is 0. The number of nitrogens with zero attached hydrogens (tertiary/aromatic N) is 5. The van der Waals surface area contributed by atoms with Gasteiger partial charge in [0.25, 0.3) is 0 Å². The van der Waals surface area contributed by atoms with Crippen molar-refractivity contribution in [3.63, 3.8) is 0 Å². The Morgan fingerprint density at radius 3 is 2.29 bits per heavy atom. The van der Waals surface area contributed by atoms with E-state index >= 15 is 0 Å². The Morgan fingerprint density at radius 2 is 1.75 bits per heavy atom. The first-order chi connectivity index (χ1) is 11.6. The number of nitrogens with two attached hydrogens (primary N) is 1. The second-order valence-corrected chi connectivity index (χ2v) is 5.76. The molecule has 0 radical (unpaired) electrons. The van der Waals surface area contributed by atoms with Crippen molar-refractivity contribution >= 4 is 5.91 Å². The second kappa shape index (κ2) is 6.66. The summed E-state index contributed by atoms with van der Waals surface area (Å²) in [6, 6.07) is 8.09. The van der Waals surface area contributed by atoms with Crippen LogP contribution in [0.3, 0.4) is 0 Å². The SMILES string of the molecule is Cc1nccn1[C@@H](C)c1ccc(C(Cn2nccn2)C(N)=O)cc1. The van der Waals surface area contributed by atoms with E-state index in [-0.39, 0.29) is 6.04 Å². The summed E-state index contributed by atoms with van der Waals surface area (Å²) in [6.45, 7) is 4.42. The van der Waals surface area contributed by atoms with Crippen LogP contribution in [-0.2, 0) is 11.3 Å². The van der Waals surface area contributed by atoms with E-state index in [0.717, 1.165) is 17.0 Å². The Morgan fingerprint density at radius 1 is 1.12 bits per heavy atom. The van der Waals surface area contributed by atoms with Crippen molar-refractivity contribution in [1.29, 1.82) is 0 Å². The van der Waals surface area contributed by atoms with Crippen LogP contribution in [0.4, 0.5) is 0 Å². The molecule has 2 N–H and O–H groups in total. The molecule has 2 atom stereocenters. The number of primary amides is 1. The summed E-state index contributed by atoms with van der Waals surface area (Å²) < 4.78 is 2.11. The number of amides is 1. The molecular formula is C17H20N6O. The largest absolute Gasteiger partial charge is 0.369 e. The molecule has 2 heterocycles. The lowest BCUT2D eigenvalue weighted by atomic mass is 9.96. The zero-order valence-corrected chi connectivity index (χ0v) is 13.7. The van der Waals surface area contributed by atoms with Gasteiger partial charge in [-0.1, -0.05) is 24.3 Å². The topological polar surface area (TPSA) is 91.6 Å². The van der Waals surface area contributed by atoms with E-state index in [0.29, 0.717) is 6.54 Å². The van der Waals surface area contributed by atoms with Crippen molar-refractivity contribution in [3.05, 3.63) is 66.0 Å². The van der Waals surface area contributed by atoms with Crippen LogP contribution in [0.1, 0.15) is 35.8 Å². The minimum absolute atomic E-state index is 0.168. The fraction of sp³-hybridized carbons (Fsp3) is 0.294. The van der Waals surface area contributed by atoms with Crippen LogP contribution in [0.2, 0.25) is 0 Å². The van der Waals surface area contributed by atoms with Crippen LogP contribution in [0.15, 0.2) is 49.1 Å². The molecule has 1 amide bonds. The fourth-order valence-corrected chi connectivity index (χ4v) is 2.82. The van der Waals surface area contributed by atoms with E-state index in [1.165, 1.54) is 4.80 Å². The highest BCUT2D eigenvalue weighted by atomic mass is 16.1. The molecular weight excluding hydrogens is 304 g/mol. The van der Waals surface area contributed by atoms with Gasteiger partial charge in [0.1, 0.15) is 5.82 Å². The fourth-order valence-electron chi connectivity index (χ4n) is 2.82. The maximum atomic E-state index is 11.8. The molecule has 0 bridgehead atoms. The predicted molar refractivity (Wildman–Crippen MR) is 89.2 cm³/mol. The Balaban J connectivity index is 1.82. The zero-order valence-electron chi connectivity index (χ0n) is 13.7. The van der Waals surface area contributed by atoms with Gasteiger partial charge in [0.15, 0.2) is 0 Å². The van der Waals surface area contributed by atoms with E-state index in [1.54, 1.807) is 18.6 Å². The molecule has 3 aromatic rings. The number of carbonyl (C=O) groups excluding carboxylic acids is 1. The van der Waals surface area contributed by atoms with E-state index in [9.17, 15) is 4.79 Å². The quantitative estimate of drug-likeness (QED) is 0.746. The summed E-state index contributed by atoms with van der Waals surface area (Å²) in [4.78, 5) is 17.5. The highest BCUT2D eigenvalue weighted by Gasteiger charge is 2.20. The van der Waals surface area contributed by atoms with Crippen LogP contribution in [-0.4, -0.2) is 30.5 Å². The van der Waals surface area contributed by atoms with Gasteiger partial charge in [-0.25, -0.2) is 4.98 Å². The minimum atomic E-state index is -0.461. The first kappa shape index (κ1) is 15.9. The van der Waals surface area contributed by atoms with Crippen molar-refractivity contribution in [2.45, 2.75) is 32.4 Å². The maximum Gasteiger partial charge on any atom is 0.226 e. The summed E-state index contributed by atoms with van der Waals surface area (Å²) in [7, 11) is 0. The predicted octanol–water partition coefficient (Wildman–Crippen LogP) is 1.66. The van der Waals surface area contributed by atoms with Crippen molar-refractivity contribution in [2.24, 2.45) is 5.73 Å². The van der Waals surface area contributed by atoms with Gasteiger partial charge in [-0.3, -0.25) is 4.79 Å². The van der Waals surface area contributed by atoms with Crippen LogP contribution in [0, 0.1) is 6.92 Å². The van der Waals surface area contributed by atoms with Gasteiger partial charge in [0, 0.05) is 12.4 Å². The van der Waals surface area contributed by atoms with E-state index < -0.39 is 11.8 Å². The van der Waals surface area contributed by atoms with Crippen molar-refractivity contribution in [2.75, 3.05) is 0 Å². The Hall–Kier alpha value is -2.96. The smallest absolute Gasteiger partial charge is 0.226 e. The highest BCUT2D eigenvalue weighted by molar-refractivity contribution is 5.81. The van der Waals surface area contributed by atoms with Crippen LogP contribution in [0.5, 0.6) is 0 Å². The number of benzene rings is 1. The van der Waals surface area contributed by atoms with Crippen molar-refractivity contribution < 1.29 is 4.79 Å². The lowest BCUT2D eigenvalue weighted by Crippen LogP contribution is -2.26. The lowest BCUT2D eigenvalue weighted by Gasteiger charge is -2.18. The first-order valence-electron chi connectivity index (χ1n) is 7.79. The Labute approximate surface area is 140 Å². The maximum absolute atomic E-state index is 11.8. The Bertz CT molecular complexity index is 806. The third kappa shape index (κ3) is 3.19. The third-order valence-electron chi connectivity index (χ3n) is 4.26. The summed E-state index contributed by atoms with van der Waals surface area (Å²) in [5, 5.41) is 8.08. The molecule has 24 heavy (non-hydrogen) atoms. The molecule has 0 spiro atoms. The number of rotatable bonds is 6. The summed E-state index contributed by atoms with van der Waals surface area (Å²) in [6.07, 6.45) is 6.91. The molecule has 124 valence electrons. The molecule has 2 aromatic heterocycles. The Kier molecular flexibility index (Phi) is 4.41. The summed E-state index contributed by atoms with van der Waals surface area (Å²) in [5.74, 6) is 0.113. The highest BCUT2D eigenvalue weighted by Crippen LogP contribution is 2.23. The molecule has 1 aromatic carbocycles. The molecule has 0 saturated heterocycles. The van der Waals surface area contributed by atoms with Gasteiger partial charge in [-0.15, -0.1) is 0 Å². The number of carbonyl (C=O) groups is 1. The normalized spacial score (nSPS) is 13.6. The number of aryl methyl sites for hydroxylation is 1. The zero-order chi connectivity index (χ0) is 17.1. The van der Waals surface area contributed by atoms with Gasteiger partial charge in [0.05, 0.1) is 30.9 Å². The van der Waals surface area contributed by atoms with Gasteiger partial charge >= 0.3 is 0 Å². The molecule has 3 rings (SSSR count). The third-order valence-corrected chi connectivity index (χ3v) is 4.26. The first-order valence-corrected chi connectivity index (χ1v) is 7.79. The monoisotopic (exact) mass is 324 g/mol. The van der Waals surface area contributed by atoms with Gasteiger partial charge in [-0.2, -0.15) is 15.0 Å². The average molecular weight is 324 g/mol. The van der Waals surface area contributed by atoms with E-state index in [4.69, 9.17) is 5.73 Å². The van der Waals surface area contributed by atoms with Crippen LogP contribution < -0.4 is 5.73 Å². The van der Waals surface area contributed by atoms with Crippen molar-refractivity contribution in [3.8, 4) is 0 Å². The van der Waals surface area contributed by atoms with E-state index in [2.05, 4.69) is 26.7 Å². The number of imidazole rings is 1. The molecule has 7 nitrogen and oxygen atoms in total. The van der Waals surface area contributed by atoms with Crippen LogP contribution >= 0.6 is 0 Å². The number of aromatic nitrogens is 5. The molecule has 0 aliphatic heterocycles. The van der Waals surface area contributed by atoms with E-state index in [1.807, 2.05) is 37.4 Å². The number of hydrogen-bond donors (Lipinski definition) is 1. The lowest BCUT2D eigenvalue weighted by molar-refractivity contribution is -0.119. The van der Waals surface area contributed by atoms with Gasteiger partial charge in [-0.05, 0) is 25.0 Å². The standard InChI is InChI=1S/C17H20N6O/c1-12(22-10-9-19-13(22)2)14-3-5-15(6-4-14)16(17(18)24)11-23-20-7-8-21-23/h3-10,12,16H,11H2,1-2H3,(H2,18,24)/t12-,16?/m0/s1. The number of hydrogen-bond acceptors (Lipinski definition) is 4. The van der Waals surface area contributed by atoms with Crippen LogP contribution in [0.25, 0.3) is 0 Å². The molecule has 0 saturated carbocycles. The molecule has 0 aliphatic carbocycles. The minimum Gasteiger partial charge on any atom is -0.369 e. The van der Waals surface area contributed by atoms with Gasteiger partial charge in [0.2, 0.25) is 5.91 Å². The molecule has 0 aliphatic rings. The summed E-state index contributed by atoms with van der Waals surface area (Å²) in [5.41, 5.74) is 7.56.